The standard InChI is InChI=1S/C4H3N2O/c5-3-4-6-1-2-7-4/h4H,2H2. The molecule has 1 atom stereocenters. The van der Waals surface area contributed by atoms with Gasteiger partial charge in [0, 0.05) is 0 Å². The first-order valence-electron chi connectivity index (χ1n) is 1.87. The summed E-state index contributed by atoms with van der Waals surface area (Å²) >= 11 is 0. The van der Waals surface area contributed by atoms with E-state index < -0.39 is 6.23 Å². The van der Waals surface area contributed by atoms with E-state index >= 15 is 0 Å². The molecule has 1 radical (unpaired) electrons. The van der Waals surface area contributed by atoms with Crippen LogP contribution < -0.4 is 0 Å². The Balaban J connectivity index is 2.47. The van der Waals surface area contributed by atoms with E-state index in [9.17, 15) is 0 Å². The molecule has 1 heterocycles. The number of rotatable bonds is 0. The first-order chi connectivity index (χ1) is 3.43. The smallest absolute Gasteiger partial charge is 0.237 e. The van der Waals surface area contributed by atoms with Crippen LogP contribution in [0.4, 0.5) is 0 Å². The lowest BCUT2D eigenvalue weighted by Gasteiger charge is -1.88. The van der Waals surface area contributed by atoms with Crippen LogP contribution in [0.2, 0.25) is 0 Å². The molecular formula is C4H3N2O. The summed E-state index contributed by atoms with van der Waals surface area (Å²) in [5, 5.41) is 8.06. The highest BCUT2D eigenvalue weighted by atomic mass is 16.5. The average molecular weight is 95.1 g/mol. The fourth-order valence-electron chi connectivity index (χ4n) is 0.340. The van der Waals surface area contributed by atoms with Crippen molar-refractivity contribution in [1.82, 2.24) is 0 Å². The lowest BCUT2D eigenvalue weighted by Crippen LogP contribution is -1.98. The van der Waals surface area contributed by atoms with Crippen molar-refractivity contribution < 1.29 is 4.74 Å². The predicted molar refractivity (Wildman–Crippen MR) is 22.8 cm³/mol. The minimum atomic E-state index is -0.583. The van der Waals surface area contributed by atoms with Gasteiger partial charge in [0.2, 0.25) is 6.23 Å². The van der Waals surface area contributed by atoms with Crippen LogP contribution >= 0.6 is 0 Å². The molecule has 3 heteroatoms. The van der Waals surface area contributed by atoms with Gasteiger partial charge in [0.25, 0.3) is 0 Å². The highest BCUT2D eigenvalue weighted by Gasteiger charge is 2.06. The Morgan fingerprint density at radius 3 is 3.14 bits per heavy atom. The van der Waals surface area contributed by atoms with E-state index in [-0.39, 0.29) is 0 Å². The Morgan fingerprint density at radius 2 is 2.86 bits per heavy atom. The van der Waals surface area contributed by atoms with Gasteiger partial charge in [-0.3, -0.25) is 0 Å². The van der Waals surface area contributed by atoms with E-state index in [1.54, 1.807) is 0 Å². The summed E-state index contributed by atoms with van der Waals surface area (Å²) in [4.78, 5) is 3.52. The highest BCUT2D eigenvalue weighted by molar-refractivity contribution is 5.60. The SMILES string of the molecule is N#CC1N=[C]CO1. The molecular weight excluding hydrogens is 92.1 g/mol. The number of ether oxygens (including phenoxy) is 1. The summed E-state index contributed by atoms with van der Waals surface area (Å²) in [6.45, 7) is 0.359. The van der Waals surface area contributed by atoms with Gasteiger partial charge in [-0.15, -0.1) is 0 Å². The summed E-state index contributed by atoms with van der Waals surface area (Å²) in [7, 11) is 0. The third-order valence-corrected chi connectivity index (χ3v) is 0.625. The first-order valence-corrected chi connectivity index (χ1v) is 1.87. The van der Waals surface area contributed by atoms with Gasteiger partial charge in [0.15, 0.2) is 0 Å². The maximum Gasteiger partial charge on any atom is 0.237 e. The van der Waals surface area contributed by atoms with E-state index in [0.29, 0.717) is 6.61 Å². The van der Waals surface area contributed by atoms with Crippen LogP contribution in [-0.4, -0.2) is 19.0 Å². The quantitative estimate of drug-likeness (QED) is 0.418. The van der Waals surface area contributed by atoms with Gasteiger partial charge < -0.3 is 4.74 Å². The Morgan fingerprint density at radius 1 is 2.00 bits per heavy atom. The van der Waals surface area contributed by atoms with Crippen LogP contribution in [0.1, 0.15) is 0 Å². The number of nitriles is 1. The molecule has 1 aliphatic heterocycles. The van der Waals surface area contributed by atoms with Crippen molar-refractivity contribution in [1.29, 1.82) is 5.26 Å². The van der Waals surface area contributed by atoms with Crippen LogP contribution in [0, 0.1) is 11.3 Å². The number of nitrogens with zero attached hydrogens (tertiary/aromatic N) is 2. The normalized spacial score (nSPS) is 27.6. The average Bonchev–Trinajstić information content (AvgIpc) is 2.14. The maximum atomic E-state index is 8.06. The van der Waals surface area contributed by atoms with Crippen molar-refractivity contribution in [2.75, 3.05) is 6.61 Å². The molecule has 1 rings (SSSR count). The van der Waals surface area contributed by atoms with E-state index in [1.165, 1.54) is 0 Å². The summed E-state index contributed by atoms with van der Waals surface area (Å²) in [6.07, 6.45) is 1.92. The van der Waals surface area contributed by atoms with Crippen molar-refractivity contribution in [3.63, 3.8) is 0 Å². The van der Waals surface area contributed by atoms with Crippen LogP contribution in [-0.2, 0) is 4.74 Å². The second-order valence-electron chi connectivity index (χ2n) is 1.08. The van der Waals surface area contributed by atoms with Gasteiger partial charge in [-0.25, -0.2) is 4.99 Å². The molecule has 3 nitrogen and oxygen atoms in total. The Kier molecular flexibility index (Phi) is 1.05. The number of hydrogen-bond acceptors (Lipinski definition) is 3. The first kappa shape index (κ1) is 4.28. The summed E-state index contributed by atoms with van der Waals surface area (Å²) < 4.78 is 4.66. The second kappa shape index (κ2) is 1.71. The fourth-order valence-corrected chi connectivity index (χ4v) is 0.340. The van der Waals surface area contributed by atoms with Gasteiger partial charge in [-0.05, 0) is 0 Å². The zero-order valence-electron chi connectivity index (χ0n) is 3.59. The Bertz CT molecular complexity index is 124. The van der Waals surface area contributed by atoms with Gasteiger partial charge in [0.1, 0.15) is 6.07 Å². The van der Waals surface area contributed by atoms with E-state index in [1.807, 2.05) is 6.07 Å². The van der Waals surface area contributed by atoms with Crippen molar-refractivity contribution in [3.8, 4) is 6.07 Å². The molecule has 0 saturated carbocycles. The van der Waals surface area contributed by atoms with Gasteiger partial charge in [-0.2, -0.15) is 5.26 Å². The van der Waals surface area contributed by atoms with E-state index in [4.69, 9.17) is 5.26 Å². The molecule has 0 amide bonds. The van der Waals surface area contributed by atoms with E-state index in [2.05, 4.69) is 15.9 Å². The molecule has 0 fully saturated rings. The third-order valence-electron chi connectivity index (χ3n) is 0.625. The van der Waals surface area contributed by atoms with E-state index in [0.717, 1.165) is 0 Å². The zero-order valence-corrected chi connectivity index (χ0v) is 3.59. The predicted octanol–water partition coefficient (Wildman–Crippen LogP) is -0.186. The molecule has 0 bridgehead atoms. The zero-order chi connectivity index (χ0) is 5.11. The van der Waals surface area contributed by atoms with Crippen LogP contribution in [0.3, 0.4) is 0 Å². The molecule has 7 heavy (non-hydrogen) atoms. The molecule has 0 spiro atoms. The molecule has 1 unspecified atom stereocenters. The monoisotopic (exact) mass is 95.0 g/mol. The molecule has 35 valence electrons. The van der Waals surface area contributed by atoms with Gasteiger partial charge in [0.05, 0.1) is 12.8 Å². The lowest BCUT2D eigenvalue weighted by molar-refractivity contribution is 0.152. The Hall–Kier alpha value is -0.880. The minimum Gasteiger partial charge on any atom is -0.338 e. The van der Waals surface area contributed by atoms with Crippen LogP contribution in [0.15, 0.2) is 4.99 Å². The van der Waals surface area contributed by atoms with Crippen LogP contribution in [0.25, 0.3) is 0 Å². The van der Waals surface area contributed by atoms with Crippen molar-refractivity contribution in [2.45, 2.75) is 6.23 Å². The third kappa shape index (κ3) is 0.756. The van der Waals surface area contributed by atoms with Gasteiger partial charge >= 0.3 is 0 Å². The molecule has 0 saturated heterocycles. The summed E-state index contributed by atoms with van der Waals surface area (Å²) in [5.74, 6) is 0. The minimum absolute atomic E-state index is 0.359. The summed E-state index contributed by atoms with van der Waals surface area (Å²) in [6, 6.07) is 1.81. The molecule has 0 aliphatic carbocycles. The molecule has 0 aromatic heterocycles. The fraction of sp³-hybridized carbons (Fsp3) is 0.500. The van der Waals surface area contributed by atoms with Gasteiger partial charge in [-0.1, -0.05) is 0 Å². The number of aliphatic imine (C=N–C) groups is 1. The Labute approximate surface area is 41.2 Å². The second-order valence-corrected chi connectivity index (χ2v) is 1.08. The van der Waals surface area contributed by atoms with Crippen LogP contribution in [0.5, 0.6) is 0 Å². The topological polar surface area (TPSA) is 45.4 Å². The lowest BCUT2D eigenvalue weighted by atomic mass is 10.7. The molecule has 0 aromatic carbocycles. The maximum absolute atomic E-state index is 8.06. The van der Waals surface area contributed by atoms with Crippen molar-refractivity contribution in [2.24, 2.45) is 4.99 Å². The van der Waals surface area contributed by atoms with Crippen molar-refractivity contribution in [3.05, 3.63) is 0 Å². The number of hydrogen-bond donors (Lipinski definition) is 0. The largest absolute Gasteiger partial charge is 0.338 e. The molecule has 0 aromatic rings. The summed E-state index contributed by atoms with van der Waals surface area (Å²) in [5.41, 5.74) is 0. The van der Waals surface area contributed by atoms with Crippen molar-refractivity contribution >= 4 is 6.21 Å². The molecule has 0 N–H and O–H groups in total. The molecule has 1 aliphatic rings. The highest BCUT2D eigenvalue weighted by Crippen LogP contribution is 1.95.